The minimum absolute atomic E-state index is 0.176. The van der Waals surface area contributed by atoms with Crippen molar-refractivity contribution in [2.45, 2.75) is 13.1 Å². The molecular formula is C18H16ClF3N2O4S. The second-order valence-corrected chi connectivity index (χ2v) is 8.43. The third-order valence-corrected chi connectivity index (χ3v) is 5.25. The molecule has 0 aliphatic rings. The minimum atomic E-state index is -4.72. The van der Waals surface area contributed by atoms with E-state index in [4.69, 9.17) is 11.6 Å². The number of anilines is 2. The van der Waals surface area contributed by atoms with Gasteiger partial charge in [0, 0.05) is 11.3 Å². The van der Waals surface area contributed by atoms with Gasteiger partial charge in [0.1, 0.15) is 6.54 Å². The van der Waals surface area contributed by atoms with Crippen LogP contribution in [0.2, 0.25) is 5.02 Å². The van der Waals surface area contributed by atoms with Crippen LogP contribution in [0.25, 0.3) is 0 Å². The normalized spacial score (nSPS) is 11.8. The Morgan fingerprint density at radius 3 is 2.17 bits per heavy atom. The zero-order chi connectivity index (χ0) is 22.0. The summed E-state index contributed by atoms with van der Waals surface area (Å²) in [5, 5.41) is 2.16. The van der Waals surface area contributed by atoms with Gasteiger partial charge in [-0.05, 0) is 49.4 Å². The average Bonchev–Trinajstić information content (AvgIpc) is 2.59. The predicted octanol–water partition coefficient (Wildman–Crippen LogP) is 3.97. The molecule has 0 unspecified atom stereocenters. The highest BCUT2D eigenvalue weighted by atomic mass is 35.5. The molecule has 0 aromatic heterocycles. The fraction of sp³-hybridized carbons (Fsp3) is 0.222. The molecule has 6 nitrogen and oxygen atoms in total. The average molecular weight is 449 g/mol. The monoisotopic (exact) mass is 448 g/mol. The zero-order valence-electron chi connectivity index (χ0n) is 15.2. The van der Waals surface area contributed by atoms with Gasteiger partial charge < -0.3 is 5.32 Å². The summed E-state index contributed by atoms with van der Waals surface area (Å²) in [6.45, 7) is 0.574. The second kappa shape index (κ2) is 8.42. The lowest BCUT2D eigenvalue weighted by atomic mass is 10.1. The number of Topliss-reactive ketones (excluding diaryl/α,β-unsaturated/α-hetero) is 1. The number of halogens is 4. The standard InChI is InChI=1S/C18H16ClF3N2O4S/c1-11(25)12-3-6-14(7-4-12)23-17(26)10-24(29(2,27)28)16-9-13(18(20,21)22)5-8-15(16)19/h3-9H,10H2,1-2H3,(H,23,26). The van der Waals surface area contributed by atoms with Crippen LogP contribution in [-0.2, 0) is 21.0 Å². The molecular weight excluding hydrogens is 433 g/mol. The SMILES string of the molecule is CC(=O)c1ccc(NC(=O)CN(c2cc(C(F)(F)F)ccc2Cl)S(C)(=O)=O)cc1. The number of sulfonamides is 1. The van der Waals surface area contributed by atoms with Gasteiger partial charge in [-0.3, -0.25) is 13.9 Å². The molecule has 0 radical (unpaired) electrons. The third-order valence-electron chi connectivity index (χ3n) is 3.80. The van der Waals surface area contributed by atoms with E-state index >= 15 is 0 Å². The zero-order valence-corrected chi connectivity index (χ0v) is 16.8. The first-order chi connectivity index (χ1) is 13.3. The topological polar surface area (TPSA) is 83.6 Å². The van der Waals surface area contributed by atoms with Gasteiger partial charge in [-0.25, -0.2) is 8.42 Å². The van der Waals surface area contributed by atoms with Crippen LogP contribution in [0.15, 0.2) is 42.5 Å². The molecule has 0 bridgehead atoms. The number of benzene rings is 2. The van der Waals surface area contributed by atoms with E-state index in [1.165, 1.54) is 31.2 Å². The summed E-state index contributed by atoms with van der Waals surface area (Å²) in [5.41, 5.74) is -0.878. The van der Waals surface area contributed by atoms with E-state index in [9.17, 15) is 31.2 Å². The Bertz CT molecular complexity index is 1040. The molecule has 0 aliphatic heterocycles. The van der Waals surface area contributed by atoms with Gasteiger partial charge >= 0.3 is 6.18 Å². The molecule has 0 atom stereocenters. The second-order valence-electron chi connectivity index (χ2n) is 6.12. The third kappa shape index (κ3) is 5.94. The molecule has 0 saturated carbocycles. The number of carbonyl (C=O) groups is 2. The predicted molar refractivity (Wildman–Crippen MR) is 104 cm³/mol. The Labute approximate surface area is 170 Å². The van der Waals surface area contributed by atoms with Crippen LogP contribution in [0.1, 0.15) is 22.8 Å². The summed E-state index contributed by atoms with van der Waals surface area (Å²) in [4.78, 5) is 23.6. The van der Waals surface area contributed by atoms with Gasteiger partial charge in [0.25, 0.3) is 0 Å². The lowest BCUT2D eigenvalue weighted by molar-refractivity contribution is -0.137. The summed E-state index contributed by atoms with van der Waals surface area (Å²) in [6.07, 6.45) is -3.97. The van der Waals surface area contributed by atoms with Gasteiger partial charge in [-0.15, -0.1) is 0 Å². The lowest BCUT2D eigenvalue weighted by Gasteiger charge is -2.24. The van der Waals surface area contributed by atoms with Crippen molar-refractivity contribution in [1.29, 1.82) is 0 Å². The fourth-order valence-electron chi connectivity index (χ4n) is 2.38. The first kappa shape index (κ1) is 22.7. The van der Waals surface area contributed by atoms with Crippen molar-refractivity contribution in [3.8, 4) is 0 Å². The van der Waals surface area contributed by atoms with Gasteiger partial charge in [0.2, 0.25) is 15.9 Å². The lowest BCUT2D eigenvalue weighted by Crippen LogP contribution is -2.37. The fourth-order valence-corrected chi connectivity index (χ4v) is 3.51. The number of nitrogens with zero attached hydrogens (tertiary/aromatic N) is 1. The Hall–Kier alpha value is -2.59. The maximum Gasteiger partial charge on any atom is 0.416 e. The maximum absolute atomic E-state index is 13.0. The molecule has 29 heavy (non-hydrogen) atoms. The largest absolute Gasteiger partial charge is 0.416 e. The van der Waals surface area contributed by atoms with Crippen LogP contribution in [0.3, 0.4) is 0 Å². The highest BCUT2D eigenvalue weighted by molar-refractivity contribution is 7.92. The van der Waals surface area contributed by atoms with Gasteiger partial charge in [-0.2, -0.15) is 13.2 Å². The van der Waals surface area contributed by atoms with Gasteiger partial charge in [-0.1, -0.05) is 11.6 Å². The van der Waals surface area contributed by atoms with Crippen LogP contribution in [0.4, 0.5) is 24.5 Å². The summed E-state index contributed by atoms with van der Waals surface area (Å²) in [6, 6.07) is 8.01. The van der Waals surface area contributed by atoms with Crippen LogP contribution in [0.5, 0.6) is 0 Å². The van der Waals surface area contributed by atoms with Crippen molar-refractivity contribution >= 4 is 44.7 Å². The van der Waals surface area contributed by atoms with Crippen molar-refractivity contribution < 1.29 is 31.2 Å². The van der Waals surface area contributed by atoms with Crippen molar-refractivity contribution in [2.75, 3.05) is 22.4 Å². The number of hydrogen-bond acceptors (Lipinski definition) is 4. The van der Waals surface area contributed by atoms with E-state index in [0.717, 1.165) is 12.3 Å². The van der Waals surface area contributed by atoms with E-state index < -0.39 is 39.9 Å². The van der Waals surface area contributed by atoms with E-state index in [-0.39, 0.29) is 16.5 Å². The number of hydrogen-bond donors (Lipinski definition) is 1. The number of amides is 1. The number of nitrogens with one attached hydrogen (secondary N) is 1. The molecule has 0 saturated heterocycles. The summed E-state index contributed by atoms with van der Waals surface area (Å²) in [7, 11) is -4.13. The number of alkyl halides is 3. The van der Waals surface area contributed by atoms with Crippen LogP contribution < -0.4 is 9.62 Å². The Morgan fingerprint density at radius 1 is 1.10 bits per heavy atom. The summed E-state index contributed by atoms with van der Waals surface area (Å²) < 4.78 is 63.7. The summed E-state index contributed by atoms with van der Waals surface area (Å²) in [5.74, 6) is -0.982. The number of carbonyl (C=O) groups excluding carboxylic acids is 2. The molecule has 2 aromatic carbocycles. The van der Waals surface area contributed by atoms with E-state index in [2.05, 4.69) is 5.32 Å². The van der Waals surface area contributed by atoms with E-state index in [1.807, 2.05) is 0 Å². The maximum atomic E-state index is 13.0. The highest BCUT2D eigenvalue weighted by Gasteiger charge is 2.33. The number of rotatable bonds is 6. The first-order valence-corrected chi connectivity index (χ1v) is 10.3. The van der Waals surface area contributed by atoms with Crippen molar-refractivity contribution in [2.24, 2.45) is 0 Å². The van der Waals surface area contributed by atoms with Crippen molar-refractivity contribution in [3.05, 3.63) is 58.6 Å². The van der Waals surface area contributed by atoms with E-state index in [1.54, 1.807) is 0 Å². The van der Waals surface area contributed by atoms with Crippen molar-refractivity contribution in [3.63, 3.8) is 0 Å². The molecule has 0 aliphatic carbocycles. The van der Waals surface area contributed by atoms with Gasteiger partial charge in [0.15, 0.2) is 5.78 Å². The van der Waals surface area contributed by atoms with Crippen LogP contribution in [-0.4, -0.2) is 32.9 Å². The Kier molecular flexibility index (Phi) is 6.59. The molecule has 1 amide bonds. The van der Waals surface area contributed by atoms with Crippen LogP contribution in [0, 0.1) is 0 Å². The molecule has 1 N–H and O–H groups in total. The molecule has 2 aromatic rings. The summed E-state index contributed by atoms with van der Waals surface area (Å²) >= 11 is 5.90. The molecule has 0 heterocycles. The highest BCUT2D eigenvalue weighted by Crippen LogP contribution is 2.36. The van der Waals surface area contributed by atoms with E-state index in [0.29, 0.717) is 22.0 Å². The Balaban J connectivity index is 2.30. The van der Waals surface area contributed by atoms with Gasteiger partial charge in [0.05, 0.1) is 22.5 Å². The molecule has 156 valence electrons. The molecule has 0 spiro atoms. The molecule has 2 rings (SSSR count). The number of ketones is 1. The minimum Gasteiger partial charge on any atom is -0.325 e. The first-order valence-electron chi connectivity index (χ1n) is 8.04. The molecule has 11 heteroatoms. The quantitative estimate of drug-likeness (QED) is 0.678. The molecule has 0 fully saturated rings. The van der Waals surface area contributed by atoms with Crippen molar-refractivity contribution in [1.82, 2.24) is 0 Å². The smallest absolute Gasteiger partial charge is 0.325 e. The Morgan fingerprint density at radius 2 is 1.69 bits per heavy atom. The van der Waals surface area contributed by atoms with Crippen LogP contribution >= 0.6 is 11.6 Å².